The zero-order valence-corrected chi connectivity index (χ0v) is 12.0. The number of nitrogens with two attached hydrogens (primary N) is 1. The van der Waals surface area contributed by atoms with E-state index in [-0.39, 0.29) is 12.6 Å². The number of carbonyl (C=O) groups is 1. The molecule has 0 spiro atoms. The molecule has 2 rings (SSSR count). The Balaban J connectivity index is 2.05. The van der Waals surface area contributed by atoms with Gasteiger partial charge in [0.15, 0.2) is 0 Å². The molecule has 0 radical (unpaired) electrons. The molecule has 2 aromatic rings. The first kappa shape index (κ1) is 14.1. The van der Waals surface area contributed by atoms with Crippen LogP contribution in [-0.2, 0) is 11.3 Å². The zero-order valence-electron chi connectivity index (χ0n) is 12.0. The number of anilines is 1. The van der Waals surface area contributed by atoms with Crippen molar-refractivity contribution in [2.45, 2.75) is 33.4 Å². The molecule has 2 N–H and O–H groups in total. The highest BCUT2D eigenvalue weighted by Crippen LogP contribution is 2.18. The van der Waals surface area contributed by atoms with Gasteiger partial charge in [-0.05, 0) is 38.5 Å². The van der Waals surface area contributed by atoms with Crippen LogP contribution in [0.1, 0.15) is 41.5 Å². The van der Waals surface area contributed by atoms with E-state index in [0.717, 1.165) is 11.3 Å². The lowest BCUT2D eigenvalue weighted by Crippen LogP contribution is -2.10. The summed E-state index contributed by atoms with van der Waals surface area (Å²) in [5.74, 6) is -0.417. The minimum Gasteiger partial charge on any atom is -0.455 e. The third-order valence-corrected chi connectivity index (χ3v) is 3.05. The summed E-state index contributed by atoms with van der Waals surface area (Å²) in [4.78, 5) is 12.1. The van der Waals surface area contributed by atoms with Crippen LogP contribution in [0.4, 0.5) is 5.69 Å². The van der Waals surface area contributed by atoms with Gasteiger partial charge in [-0.1, -0.05) is 12.1 Å². The Morgan fingerprint density at radius 1 is 1.40 bits per heavy atom. The van der Waals surface area contributed by atoms with E-state index >= 15 is 0 Å². The van der Waals surface area contributed by atoms with E-state index in [1.54, 1.807) is 6.07 Å². The molecule has 1 aromatic carbocycles. The molecule has 0 aliphatic rings. The van der Waals surface area contributed by atoms with Crippen molar-refractivity contribution in [1.82, 2.24) is 9.78 Å². The third kappa shape index (κ3) is 2.99. The summed E-state index contributed by atoms with van der Waals surface area (Å²) < 4.78 is 7.10. The van der Waals surface area contributed by atoms with E-state index in [1.165, 1.54) is 0 Å². The van der Waals surface area contributed by atoms with Crippen LogP contribution in [-0.4, -0.2) is 15.7 Å². The lowest BCUT2D eigenvalue weighted by molar-refractivity contribution is 0.0467. The molecule has 1 aromatic heterocycles. The quantitative estimate of drug-likeness (QED) is 0.687. The van der Waals surface area contributed by atoms with Gasteiger partial charge in [-0.15, -0.1) is 0 Å². The first-order valence-electron chi connectivity index (χ1n) is 6.55. The number of aromatic nitrogens is 2. The molecule has 0 aliphatic heterocycles. The van der Waals surface area contributed by atoms with E-state index < -0.39 is 5.97 Å². The van der Waals surface area contributed by atoms with E-state index in [2.05, 4.69) is 5.10 Å². The van der Waals surface area contributed by atoms with Crippen LogP contribution >= 0.6 is 0 Å². The molecule has 5 heteroatoms. The van der Waals surface area contributed by atoms with Crippen LogP contribution in [0, 0.1) is 6.92 Å². The minimum absolute atomic E-state index is 0.145. The van der Waals surface area contributed by atoms with Crippen molar-refractivity contribution in [3.63, 3.8) is 0 Å². The number of benzene rings is 1. The van der Waals surface area contributed by atoms with Crippen LogP contribution in [0.3, 0.4) is 0 Å². The van der Waals surface area contributed by atoms with Gasteiger partial charge in [0, 0.05) is 17.9 Å². The number of nitrogens with zero attached hydrogens (tertiary/aromatic N) is 2. The molecule has 0 amide bonds. The molecular formula is C15H19N3O2. The summed E-state index contributed by atoms with van der Waals surface area (Å²) in [5, 5.41) is 4.33. The molecule has 5 nitrogen and oxygen atoms in total. The second kappa shape index (κ2) is 5.77. The summed E-state index contributed by atoms with van der Waals surface area (Å²) >= 11 is 0. The van der Waals surface area contributed by atoms with Crippen molar-refractivity contribution in [2.24, 2.45) is 0 Å². The van der Waals surface area contributed by atoms with Crippen LogP contribution in [0.5, 0.6) is 0 Å². The maximum atomic E-state index is 12.1. The number of aryl methyl sites for hydroxylation is 1. The predicted molar refractivity (Wildman–Crippen MR) is 77.3 cm³/mol. The SMILES string of the molecule is Cc1cccc(N)c1C(=O)OCc1ccn(C(C)C)n1. The largest absolute Gasteiger partial charge is 0.455 e. The van der Waals surface area contributed by atoms with Crippen molar-refractivity contribution in [2.75, 3.05) is 5.73 Å². The number of ether oxygens (including phenoxy) is 1. The van der Waals surface area contributed by atoms with E-state index in [1.807, 2.05) is 49.8 Å². The van der Waals surface area contributed by atoms with E-state index in [0.29, 0.717) is 11.3 Å². The normalized spacial score (nSPS) is 10.8. The Morgan fingerprint density at radius 2 is 2.15 bits per heavy atom. The highest BCUT2D eigenvalue weighted by Gasteiger charge is 2.14. The second-order valence-corrected chi connectivity index (χ2v) is 5.00. The fourth-order valence-corrected chi connectivity index (χ4v) is 1.92. The smallest absolute Gasteiger partial charge is 0.340 e. The molecule has 1 heterocycles. The Hall–Kier alpha value is -2.30. The lowest BCUT2D eigenvalue weighted by Gasteiger charge is -2.08. The van der Waals surface area contributed by atoms with Gasteiger partial charge in [-0.25, -0.2) is 4.79 Å². The summed E-state index contributed by atoms with van der Waals surface area (Å²) in [7, 11) is 0. The molecule has 0 unspecified atom stereocenters. The molecule has 20 heavy (non-hydrogen) atoms. The van der Waals surface area contributed by atoms with Crippen molar-refractivity contribution in [3.05, 3.63) is 47.3 Å². The number of hydrogen-bond acceptors (Lipinski definition) is 4. The molecule has 0 aliphatic carbocycles. The minimum atomic E-state index is -0.417. The van der Waals surface area contributed by atoms with Gasteiger partial charge in [-0.3, -0.25) is 4.68 Å². The third-order valence-electron chi connectivity index (χ3n) is 3.05. The van der Waals surface area contributed by atoms with Crippen molar-refractivity contribution >= 4 is 11.7 Å². The topological polar surface area (TPSA) is 70.1 Å². The van der Waals surface area contributed by atoms with Gasteiger partial charge < -0.3 is 10.5 Å². The van der Waals surface area contributed by atoms with Crippen LogP contribution < -0.4 is 5.73 Å². The second-order valence-electron chi connectivity index (χ2n) is 5.00. The van der Waals surface area contributed by atoms with Crippen LogP contribution in [0.25, 0.3) is 0 Å². The monoisotopic (exact) mass is 273 g/mol. The highest BCUT2D eigenvalue weighted by molar-refractivity contribution is 5.96. The summed E-state index contributed by atoms with van der Waals surface area (Å²) in [6, 6.07) is 7.46. The molecule has 0 fully saturated rings. The molecule has 0 bridgehead atoms. The average Bonchev–Trinajstić information content (AvgIpc) is 2.85. The average molecular weight is 273 g/mol. The van der Waals surface area contributed by atoms with Crippen molar-refractivity contribution in [1.29, 1.82) is 0 Å². The van der Waals surface area contributed by atoms with Gasteiger partial charge in [0.05, 0.1) is 11.3 Å². The number of nitrogen functional groups attached to an aromatic ring is 1. The van der Waals surface area contributed by atoms with Gasteiger partial charge in [-0.2, -0.15) is 5.10 Å². The van der Waals surface area contributed by atoms with Gasteiger partial charge >= 0.3 is 5.97 Å². The molecule has 0 saturated carbocycles. The zero-order chi connectivity index (χ0) is 14.7. The molecule has 106 valence electrons. The number of hydrogen-bond donors (Lipinski definition) is 1. The summed E-state index contributed by atoms with van der Waals surface area (Å²) in [6.45, 7) is 6.06. The first-order chi connectivity index (χ1) is 9.49. The van der Waals surface area contributed by atoms with Crippen LogP contribution in [0.15, 0.2) is 30.5 Å². The maximum absolute atomic E-state index is 12.1. The van der Waals surface area contributed by atoms with Gasteiger partial charge in [0.1, 0.15) is 6.61 Å². The molecule has 0 atom stereocenters. The van der Waals surface area contributed by atoms with Crippen LogP contribution in [0.2, 0.25) is 0 Å². The van der Waals surface area contributed by atoms with Gasteiger partial charge in [0.2, 0.25) is 0 Å². The Labute approximate surface area is 118 Å². The standard InChI is InChI=1S/C15H19N3O2/c1-10(2)18-8-7-12(17-18)9-20-15(19)14-11(3)5-4-6-13(14)16/h4-8,10H,9,16H2,1-3H3. The molecular weight excluding hydrogens is 254 g/mol. The Bertz CT molecular complexity index is 597. The number of esters is 1. The number of rotatable bonds is 4. The summed E-state index contributed by atoms with van der Waals surface area (Å²) in [5.41, 5.74) is 8.20. The number of carbonyl (C=O) groups excluding carboxylic acids is 1. The Morgan fingerprint density at radius 3 is 2.75 bits per heavy atom. The maximum Gasteiger partial charge on any atom is 0.340 e. The lowest BCUT2D eigenvalue weighted by atomic mass is 10.1. The van der Waals surface area contributed by atoms with E-state index in [9.17, 15) is 4.79 Å². The highest BCUT2D eigenvalue weighted by atomic mass is 16.5. The van der Waals surface area contributed by atoms with E-state index in [4.69, 9.17) is 10.5 Å². The van der Waals surface area contributed by atoms with Crippen molar-refractivity contribution < 1.29 is 9.53 Å². The van der Waals surface area contributed by atoms with Gasteiger partial charge in [0.25, 0.3) is 0 Å². The fraction of sp³-hybridized carbons (Fsp3) is 0.333. The van der Waals surface area contributed by atoms with Crippen molar-refractivity contribution in [3.8, 4) is 0 Å². The predicted octanol–water partition coefficient (Wildman–Crippen LogP) is 2.71. The Kier molecular flexibility index (Phi) is 4.08. The summed E-state index contributed by atoms with van der Waals surface area (Å²) in [6.07, 6.45) is 1.87. The fourth-order valence-electron chi connectivity index (χ4n) is 1.92. The molecule has 0 saturated heterocycles. The first-order valence-corrected chi connectivity index (χ1v) is 6.55.